The normalized spacial score (nSPS) is 26.8. The Labute approximate surface area is 121 Å². The van der Waals surface area contributed by atoms with Gasteiger partial charge in [0, 0.05) is 18.2 Å². The SMILES string of the molecule is O=C(C1CSCN1)N1CCOC(c2cccc(F)c2)C1. The highest BCUT2D eigenvalue weighted by Gasteiger charge is 2.31. The molecule has 2 fully saturated rings. The molecule has 0 aliphatic carbocycles. The van der Waals surface area contributed by atoms with Crippen LogP contribution in [0.15, 0.2) is 24.3 Å². The molecule has 2 aliphatic heterocycles. The molecule has 0 bridgehead atoms. The summed E-state index contributed by atoms with van der Waals surface area (Å²) in [7, 11) is 0. The predicted octanol–water partition coefficient (Wildman–Crippen LogP) is 1.39. The summed E-state index contributed by atoms with van der Waals surface area (Å²) >= 11 is 1.73. The molecule has 0 spiro atoms. The van der Waals surface area contributed by atoms with Crippen LogP contribution in [0, 0.1) is 5.82 Å². The molecule has 0 saturated carbocycles. The van der Waals surface area contributed by atoms with Crippen LogP contribution in [-0.2, 0) is 9.53 Å². The van der Waals surface area contributed by atoms with Gasteiger partial charge in [-0.3, -0.25) is 10.1 Å². The number of hydrogen-bond donors (Lipinski definition) is 1. The molecule has 1 amide bonds. The van der Waals surface area contributed by atoms with E-state index in [1.165, 1.54) is 12.1 Å². The average Bonchev–Trinajstić information content (AvgIpc) is 3.01. The van der Waals surface area contributed by atoms with Crippen molar-refractivity contribution in [2.75, 3.05) is 31.3 Å². The van der Waals surface area contributed by atoms with Gasteiger partial charge in [-0.05, 0) is 17.7 Å². The van der Waals surface area contributed by atoms with Crippen LogP contribution in [-0.4, -0.2) is 48.2 Å². The van der Waals surface area contributed by atoms with Gasteiger partial charge in [-0.1, -0.05) is 12.1 Å². The first-order valence-electron chi connectivity index (χ1n) is 6.71. The second-order valence-corrected chi connectivity index (χ2v) is 6.00. The van der Waals surface area contributed by atoms with E-state index in [-0.39, 0.29) is 23.9 Å². The minimum absolute atomic E-state index is 0.0914. The zero-order valence-corrected chi connectivity index (χ0v) is 11.9. The Bertz CT molecular complexity index is 494. The zero-order valence-electron chi connectivity index (χ0n) is 11.0. The van der Waals surface area contributed by atoms with Crippen LogP contribution in [0.2, 0.25) is 0 Å². The number of carbonyl (C=O) groups is 1. The van der Waals surface area contributed by atoms with E-state index in [1.54, 1.807) is 17.8 Å². The first-order chi connectivity index (χ1) is 9.74. The molecule has 4 nitrogen and oxygen atoms in total. The summed E-state index contributed by atoms with van der Waals surface area (Å²) in [6.07, 6.45) is -0.238. The van der Waals surface area contributed by atoms with Crippen LogP contribution >= 0.6 is 11.8 Å². The van der Waals surface area contributed by atoms with Gasteiger partial charge < -0.3 is 9.64 Å². The number of thioether (sulfide) groups is 1. The van der Waals surface area contributed by atoms with Crippen molar-refractivity contribution in [1.29, 1.82) is 0 Å². The number of morpholine rings is 1. The number of benzene rings is 1. The van der Waals surface area contributed by atoms with Crippen molar-refractivity contribution in [3.63, 3.8) is 0 Å². The molecule has 2 heterocycles. The van der Waals surface area contributed by atoms with Crippen LogP contribution in [0.3, 0.4) is 0 Å². The van der Waals surface area contributed by atoms with Crippen molar-refractivity contribution in [2.24, 2.45) is 0 Å². The molecule has 108 valence electrons. The summed E-state index contributed by atoms with van der Waals surface area (Å²) in [5.41, 5.74) is 0.788. The highest BCUT2D eigenvalue weighted by atomic mass is 32.2. The van der Waals surface area contributed by atoms with E-state index in [1.807, 2.05) is 11.0 Å². The smallest absolute Gasteiger partial charge is 0.240 e. The van der Waals surface area contributed by atoms with Crippen molar-refractivity contribution in [1.82, 2.24) is 10.2 Å². The second-order valence-electron chi connectivity index (χ2n) is 4.97. The highest BCUT2D eigenvalue weighted by molar-refractivity contribution is 7.99. The number of carbonyl (C=O) groups excluding carboxylic acids is 1. The number of amides is 1. The fourth-order valence-corrected chi connectivity index (χ4v) is 3.47. The first-order valence-corrected chi connectivity index (χ1v) is 7.86. The maximum Gasteiger partial charge on any atom is 0.240 e. The van der Waals surface area contributed by atoms with Crippen LogP contribution in [0.5, 0.6) is 0 Å². The van der Waals surface area contributed by atoms with E-state index in [4.69, 9.17) is 4.74 Å². The van der Waals surface area contributed by atoms with Crippen molar-refractivity contribution in [3.05, 3.63) is 35.6 Å². The molecule has 2 unspecified atom stereocenters. The van der Waals surface area contributed by atoms with Crippen molar-refractivity contribution in [3.8, 4) is 0 Å². The Hall–Kier alpha value is -1.11. The lowest BCUT2D eigenvalue weighted by molar-refractivity contribution is -0.140. The van der Waals surface area contributed by atoms with Gasteiger partial charge in [-0.25, -0.2) is 4.39 Å². The number of ether oxygens (including phenoxy) is 1. The Morgan fingerprint density at radius 3 is 3.15 bits per heavy atom. The summed E-state index contributed by atoms with van der Waals surface area (Å²) in [6, 6.07) is 6.30. The van der Waals surface area contributed by atoms with Gasteiger partial charge in [-0.15, -0.1) is 11.8 Å². The maximum absolute atomic E-state index is 13.3. The lowest BCUT2D eigenvalue weighted by atomic mass is 10.1. The molecule has 3 rings (SSSR count). The Morgan fingerprint density at radius 1 is 1.50 bits per heavy atom. The van der Waals surface area contributed by atoms with E-state index < -0.39 is 0 Å². The van der Waals surface area contributed by atoms with Crippen LogP contribution < -0.4 is 5.32 Å². The third kappa shape index (κ3) is 2.97. The molecule has 2 saturated heterocycles. The number of nitrogens with zero attached hydrogens (tertiary/aromatic N) is 1. The van der Waals surface area contributed by atoms with Gasteiger partial charge in [0.25, 0.3) is 0 Å². The standard InChI is InChI=1S/C14H17FN2O2S/c15-11-3-1-2-10(6-11)13-7-17(4-5-19-13)14(18)12-8-20-9-16-12/h1-3,6,12-13,16H,4-5,7-9H2. The minimum Gasteiger partial charge on any atom is -0.370 e. The van der Waals surface area contributed by atoms with Gasteiger partial charge in [-0.2, -0.15) is 0 Å². The molecular formula is C14H17FN2O2S. The highest BCUT2D eigenvalue weighted by Crippen LogP contribution is 2.24. The van der Waals surface area contributed by atoms with E-state index in [9.17, 15) is 9.18 Å². The van der Waals surface area contributed by atoms with Gasteiger partial charge >= 0.3 is 0 Å². The molecule has 0 aromatic heterocycles. The van der Waals surface area contributed by atoms with Gasteiger partial charge in [0.15, 0.2) is 0 Å². The molecule has 0 radical (unpaired) electrons. The molecule has 2 aliphatic rings. The quantitative estimate of drug-likeness (QED) is 0.895. The summed E-state index contributed by atoms with van der Waals surface area (Å²) < 4.78 is 19.0. The zero-order chi connectivity index (χ0) is 13.9. The molecule has 20 heavy (non-hydrogen) atoms. The van der Waals surface area contributed by atoms with Gasteiger partial charge in [0.1, 0.15) is 11.9 Å². The monoisotopic (exact) mass is 296 g/mol. The number of nitrogens with one attached hydrogen (secondary N) is 1. The Kier molecular flexibility index (Phi) is 4.24. The van der Waals surface area contributed by atoms with Crippen LogP contribution in [0.25, 0.3) is 0 Å². The van der Waals surface area contributed by atoms with Crippen LogP contribution in [0.4, 0.5) is 4.39 Å². The topological polar surface area (TPSA) is 41.6 Å². The fourth-order valence-electron chi connectivity index (χ4n) is 2.53. The third-order valence-electron chi connectivity index (χ3n) is 3.61. The number of rotatable bonds is 2. The lowest BCUT2D eigenvalue weighted by Crippen LogP contribution is -2.50. The molecule has 1 N–H and O–H groups in total. The molecule has 2 atom stereocenters. The average molecular weight is 296 g/mol. The summed E-state index contributed by atoms with van der Waals surface area (Å²) in [4.78, 5) is 14.2. The summed E-state index contributed by atoms with van der Waals surface area (Å²) in [5.74, 6) is 1.50. The van der Waals surface area contributed by atoms with E-state index >= 15 is 0 Å². The van der Waals surface area contributed by atoms with E-state index in [0.29, 0.717) is 19.7 Å². The van der Waals surface area contributed by atoms with E-state index in [2.05, 4.69) is 5.32 Å². The first kappa shape index (κ1) is 13.9. The predicted molar refractivity (Wildman–Crippen MR) is 75.9 cm³/mol. The Balaban J connectivity index is 1.68. The van der Waals surface area contributed by atoms with Crippen molar-refractivity contribution in [2.45, 2.75) is 12.1 Å². The van der Waals surface area contributed by atoms with Crippen LogP contribution in [0.1, 0.15) is 11.7 Å². The number of halogens is 1. The van der Waals surface area contributed by atoms with Gasteiger partial charge in [0.05, 0.1) is 19.2 Å². The summed E-state index contributed by atoms with van der Waals surface area (Å²) in [6.45, 7) is 1.59. The molecular weight excluding hydrogens is 279 g/mol. The van der Waals surface area contributed by atoms with Gasteiger partial charge in [0.2, 0.25) is 5.91 Å². The largest absolute Gasteiger partial charge is 0.370 e. The lowest BCUT2D eigenvalue weighted by Gasteiger charge is -2.34. The molecule has 1 aromatic rings. The maximum atomic E-state index is 13.3. The van der Waals surface area contributed by atoms with Crippen molar-refractivity contribution >= 4 is 17.7 Å². The Morgan fingerprint density at radius 2 is 2.40 bits per heavy atom. The molecule has 1 aromatic carbocycles. The third-order valence-corrected chi connectivity index (χ3v) is 4.55. The number of hydrogen-bond acceptors (Lipinski definition) is 4. The fraction of sp³-hybridized carbons (Fsp3) is 0.500. The second kappa shape index (κ2) is 6.11. The van der Waals surface area contributed by atoms with E-state index in [0.717, 1.165) is 17.2 Å². The summed E-state index contributed by atoms with van der Waals surface area (Å²) in [5, 5.41) is 3.19. The van der Waals surface area contributed by atoms with Crippen molar-refractivity contribution < 1.29 is 13.9 Å². The molecule has 6 heteroatoms. The minimum atomic E-state index is -0.275.